The van der Waals surface area contributed by atoms with E-state index in [1.54, 1.807) is 11.6 Å². The molecule has 0 atom stereocenters. The summed E-state index contributed by atoms with van der Waals surface area (Å²) in [4.78, 5) is 15.4. The fourth-order valence-corrected chi connectivity index (χ4v) is 2.65. The normalized spacial score (nSPS) is 20.2. The molecule has 0 aliphatic heterocycles. The first-order chi connectivity index (χ1) is 11.0. The van der Waals surface area contributed by atoms with Gasteiger partial charge in [-0.15, -0.1) is 10.2 Å². The van der Waals surface area contributed by atoms with E-state index in [1.807, 2.05) is 0 Å². The molecule has 0 spiro atoms. The van der Waals surface area contributed by atoms with E-state index in [-0.39, 0.29) is 18.6 Å². The van der Waals surface area contributed by atoms with Crippen molar-refractivity contribution in [3.63, 3.8) is 0 Å². The average molecular weight is 323 g/mol. The minimum Gasteiger partial charge on any atom is -0.388 e. The topological polar surface area (TPSA) is 92.9 Å². The number of carbonyl (C=O) groups is 1. The van der Waals surface area contributed by atoms with Crippen LogP contribution in [0.25, 0.3) is 0 Å². The van der Waals surface area contributed by atoms with E-state index in [2.05, 4.69) is 20.5 Å². The molecule has 122 valence electrons. The number of aliphatic hydroxyl groups excluding tert-OH is 1. The number of pyridine rings is 1. The predicted molar refractivity (Wildman–Crippen MR) is 74.3 cm³/mol. The van der Waals surface area contributed by atoms with Crippen LogP contribution in [-0.2, 0) is 13.7 Å². The molecular formula is C14H15F2N5O2. The number of aromatic nitrogens is 4. The van der Waals surface area contributed by atoms with E-state index in [1.165, 1.54) is 0 Å². The van der Waals surface area contributed by atoms with E-state index in [4.69, 9.17) is 5.11 Å². The third-order valence-corrected chi connectivity index (χ3v) is 4.00. The van der Waals surface area contributed by atoms with Gasteiger partial charge in [-0.3, -0.25) is 4.79 Å². The van der Waals surface area contributed by atoms with Gasteiger partial charge in [-0.2, -0.15) is 0 Å². The van der Waals surface area contributed by atoms with Crippen LogP contribution in [0, 0.1) is 11.6 Å². The third-order valence-electron chi connectivity index (χ3n) is 4.00. The molecule has 1 amide bonds. The second-order valence-electron chi connectivity index (χ2n) is 5.51. The zero-order chi connectivity index (χ0) is 16.6. The lowest BCUT2D eigenvalue weighted by Crippen LogP contribution is -2.44. The predicted octanol–water partition coefficient (Wildman–Crippen LogP) is 0.657. The molecule has 0 aromatic carbocycles. The van der Waals surface area contributed by atoms with Crippen molar-refractivity contribution < 1.29 is 18.7 Å². The fourth-order valence-electron chi connectivity index (χ4n) is 2.65. The molecule has 1 fully saturated rings. The van der Waals surface area contributed by atoms with Crippen LogP contribution in [0.15, 0.2) is 12.3 Å². The van der Waals surface area contributed by atoms with Gasteiger partial charge in [0.15, 0.2) is 17.3 Å². The summed E-state index contributed by atoms with van der Waals surface area (Å²) in [5, 5.41) is 19.7. The van der Waals surface area contributed by atoms with Crippen LogP contribution >= 0.6 is 0 Å². The smallest absolute Gasteiger partial charge is 0.273 e. The number of aliphatic hydroxyl groups is 1. The molecule has 9 heteroatoms. The number of carbonyl (C=O) groups excluding carboxylic acids is 1. The van der Waals surface area contributed by atoms with E-state index in [0.717, 1.165) is 12.0 Å². The van der Waals surface area contributed by atoms with Gasteiger partial charge in [0, 0.05) is 25.1 Å². The van der Waals surface area contributed by atoms with Gasteiger partial charge in [-0.1, -0.05) is 0 Å². The van der Waals surface area contributed by atoms with Crippen LogP contribution in [-0.4, -0.2) is 36.8 Å². The number of hydrogen-bond donors (Lipinski definition) is 2. The van der Waals surface area contributed by atoms with Crippen LogP contribution < -0.4 is 5.32 Å². The minimum atomic E-state index is -0.987. The molecule has 2 heterocycles. The number of halogens is 2. The first kappa shape index (κ1) is 15.5. The highest BCUT2D eigenvalue weighted by Gasteiger charge is 2.35. The van der Waals surface area contributed by atoms with E-state index >= 15 is 0 Å². The zero-order valence-electron chi connectivity index (χ0n) is 12.3. The molecule has 2 N–H and O–H groups in total. The van der Waals surface area contributed by atoms with Crippen LogP contribution in [0.2, 0.25) is 0 Å². The van der Waals surface area contributed by atoms with Crippen molar-refractivity contribution in [2.24, 2.45) is 7.05 Å². The summed E-state index contributed by atoms with van der Waals surface area (Å²) >= 11 is 0. The van der Waals surface area contributed by atoms with E-state index in [9.17, 15) is 13.6 Å². The standard InChI is InChI=1S/C14H15F2N5O2/c1-21-11(6-22)19-20-13(21)7-2-9(3-7)18-14(23)12-10(16)4-8(15)5-17-12/h4-5,7,9,22H,2-3,6H2,1H3,(H,18,23). The zero-order valence-corrected chi connectivity index (χ0v) is 12.3. The van der Waals surface area contributed by atoms with Gasteiger partial charge in [0.05, 0.1) is 6.20 Å². The highest BCUT2D eigenvalue weighted by molar-refractivity contribution is 5.92. The molecule has 3 rings (SSSR count). The van der Waals surface area contributed by atoms with E-state index in [0.29, 0.717) is 24.7 Å². The lowest BCUT2D eigenvalue weighted by Gasteiger charge is -2.34. The van der Waals surface area contributed by atoms with Crippen LogP contribution in [0.4, 0.5) is 8.78 Å². The monoisotopic (exact) mass is 323 g/mol. The molecule has 2 aromatic heterocycles. The van der Waals surface area contributed by atoms with Crippen molar-refractivity contribution in [1.29, 1.82) is 0 Å². The summed E-state index contributed by atoms with van der Waals surface area (Å²) in [6.45, 7) is -0.189. The Morgan fingerprint density at radius 1 is 1.43 bits per heavy atom. The quantitative estimate of drug-likeness (QED) is 0.862. The van der Waals surface area contributed by atoms with Crippen molar-refractivity contribution in [3.8, 4) is 0 Å². The first-order valence-corrected chi connectivity index (χ1v) is 7.10. The Morgan fingerprint density at radius 2 is 2.17 bits per heavy atom. The van der Waals surface area contributed by atoms with Crippen molar-refractivity contribution in [2.45, 2.75) is 31.4 Å². The Labute approximate surface area is 130 Å². The molecule has 0 radical (unpaired) electrons. The molecule has 1 saturated carbocycles. The van der Waals surface area contributed by atoms with Crippen molar-refractivity contribution in [3.05, 3.63) is 41.2 Å². The van der Waals surface area contributed by atoms with E-state index < -0.39 is 23.2 Å². The Kier molecular flexibility index (Phi) is 4.03. The highest BCUT2D eigenvalue weighted by Crippen LogP contribution is 2.36. The molecule has 7 nitrogen and oxygen atoms in total. The molecule has 0 unspecified atom stereocenters. The summed E-state index contributed by atoms with van der Waals surface area (Å²) in [5.41, 5.74) is -0.420. The molecule has 1 aliphatic rings. The lowest BCUT2D eigenvalue weighted by molar-refractivity contribution is 0.0897. The van der Waals surface area contributed by atoms with Gasteiger partial charge in [-0.25, -0.2) is 13.8 Å². The minimum absolute atomic E-state index is 0.115. The lowest BCUT2D eigenvalue weighted by atomic mass is 9.79. The first-order valence-electron chi connectivity index (χ1n) is 7.10. The van der Waals surface area contributed by atoms with Crippen molar-refractivity contribution >= 4 is 5.91 Å². The Balaban J connectivity index is 1.59. The Hall–Kier alpha value is -2.42. The Bertz CT molecular complexity index is 743. The highest BCUT2D eigenvalue weighted by atomic mass is 19.1. The van der Waals surface area contributed by atoms with Gasteiger partial charge >= 0.3 is 0 Å². The van der Waals surface area contributed by atoms with Crippen LogP contribution in [0.5, 0.6) is 0 Å². The number of amides is 1. The third kappa shape index (κ3) is 2.91. The fraction of sp³-hybridized carbons (Fsp3) is 0.429. The summed E-state index contributed by atoms with van der Waals surface area (Å²) < 4.78 is 28.0. The molecule has 0 bridgehead atoms. The maximum atomic E-state index is 13.5. The van der Waals surface area contributed by atoms with Crippen LogP contribution in [0.3, 0.4) is 0 Å². The maximum Gasteiger partial charge on any atom is 0.273 e. The molecule has 2 aromatic rings. The Morgan fingerprint density at radius 3 is 2.78 bits per heavy atom. The SMILES string of the molecule is Cn1c(CO)nnc1C1CC(NC(=O)c2ncc(F)cc2F)C1. The van der Waals surface area contributed by atoms with Gasteiger partial charge < -0.3 is 15.0 Å². The number of nitrogens with zero attached hydrogens (tertiary/aromatic N) is 4. The molecular weight excluding hydrogens is 308 g/mol. The van der Waals surface area contributed by atoms with Gasteiger partial charge in [-0.05, 0) is 12.8 Å². The second kappa shape index (κ2) is 5.99. The summed E-state index contributed by atoms with van der Waals surface area (Å²) in [6.07, 6.45) is 2.06. The largest absolute Gasteiger partial charge is 0.388 e. The summed E-state index contributed by atoms with van der Waals surface area (Å²) in [7, 11) is 1.77. The second-order valence-corrected chi connectivity index (χ2v) is 5.51. The number of rotatable bonds is 4. The van der Waals surface area contributed by atoms with Gasteiger partial charge in [0.1, 0.15) is 18.2 Å². The summed E-state index contributed by atoms with van der Waals surface area (Å²) in [5.74, 6) is -1.15. The van der Waals surface area contributed by atoms with Gasteiger partial charge in [0.2, 0.25) is 0 Å². The number of hydrogen-bond acceptors (Lipinski definition) is 5. The average Bonchev–Trinajstić information content (AvgIpc) is 2.83. The van der Waals surface area contributed by atoms with Crippen LogP contribution in [0.1, 0.15) is 40.9 Å². The summed E-state index contributed by atoms with van der Waals surface area (Å²) in [6, 6.07) is 0.495. The van der Waals surface area contributed by atoms with Crippen molar-refractivity contribution in [1.82, 2.24) is 25.1 Å². The molecule has 0 saturated heterocycles. The van der Waals surface area contributed by atoms with Crippen molar-refractivity contribution in [2.75, 3.05) is 0 Å². The van der Waals surface area contributed by atoms with Gasteiger partial charge in [0.25, 0.3) is 5.91 Å². The molecule has 23 heavy (non-hydrogen) atoms. The molecule has 1 aliphatic carbocycles. The number of nitrogens with one attached hydrogen (secondary N) is 1. The maximum absolute atomic E-state index is 13.5.